The Morgan fingerprint density at radius 3 is 2.60 bits per heavy atom. The van der Waals surface area contributed by atoms with E-state index in [0.717, 1.165) is 21.2 Å². The third-order valence-electron chi connectivity index (χ3n) is 4.87. The molecule has 4 aromatic rings. The molecule has 4 rings (SSSR count). The number of aromatic nitrogens is 1. The zero-order valence-electron chi connectivity index (χ0n) is 16.6. The van der Waals surface area contributed by atoms with Crippen LogP contribution in [0, 0.1) is 5.92 Å². The summed E-state index contributed by atoms with van der Waals surface area (Å²) in [7, 11) is -2.72. The first-order valence-electron chi connectivity index (χ1n) is 9.25. The maximum absolute atomic E-state index is 12.9. The van der Waals surface area contributed by atoms with Crippen molar-refractivity contribution >= 4 is 49.3 Å². The van der Waals surface area contributed by atoms with Crippen LogP contribution in [0.5, 0.6) is 0 Å². The van der Waals surface area contributed by atoms with Crippen molar-refractivity contribution in [1.82, 2.24) is 9.71 Å². The number of fused-ring (bicyclic) bond motifs is 3. The summed E-state index contributed by atoms with van der Waals surface area (Å²) in [6.45, 7) is 3.49. The number of ether oxygens (including phenoxy) is 1. The minimum Gasteiger partial charge on any atom is -0.468 e. The Bertz CT molecular complexity index is 1320. The molecular formula is C21H20N2O5S2. The van der Waals surface area contributed by atoms with Crippen LogP contribution in [-0.2, 0) is 19.6 Å². The summed E-state index contributed by atoms with van der Waals surface area (Å²) in [5.41, 5.74) is 3.91. The van der Waals surface area contributed by atoms with Gasteiger partial charge in [-0.3, -0.25) is 9.78 Å². The van der Waals surface area contributed by atoms with Gasteiger partial charge >= 0.3 is 5.97 Å². The molecule has 1 N–H and O–H groups in total. The van der Waals surface area contributed by atoms with Gasteiger partial charge in [0.05, 0.1) is 22.4 Å². The van der Waals surface area contributed by atoms with E-state index in [1.807, 2.05) is 18.2 Å². The minimum atomic E-state index is -3.95. The first-order chi connectivity index (χ1) is 14.3. The fraction of sp³-hybridized carbons (Fsp3) is 0.238. The van der Waals surface area contributed by atoms with E-state index in [1.165, 1.54) is 19.2 Å². The predicted molar refractivity (Wildman–Crippen MR) is 116 cm³/mol. The highest BCUT2D eigenvalue weighted by atomic mass is 32.2. The monoisotopic (exact) mass is 444 g/mol. The summed E-state index contributed by atoms with van der Waals surface area (Å²) in [5.74, 6) is -0.902. The van der Waals surface area contributed by atoms with Crippen LogP contribution in [0.4, 0.5) is 0 Å². The molecule has 0 spiro atoms. The molecule has 0 saturated carbocycles. The maximum Gasteiger partial charge on any atom is 0.324 e. The quantitative estimate of drug-likeness (QED) is 0.448. The molecule has 0 saturated heterocycles. The van der Waals surface area contributed by atoms with E-state index in [4.69, 9.17) is 9.15 Å². The van der Waals surface area contributed by atoms with Gasteiger partial charge in [-0.05, 0) is 41.8 Å². The minimum absolute atomic E-state index is 0.0197. The number of thiazole rings is 1. The average Bonchev–Trinajstić information content (AvgIpc) is 3.38. The summed E-state index contributed by atoms with van der Waals surface area (Å²) in [6.07, 6.45) is 1.80. The van der Waals surface area contributed by atoms with Crippen LogP contribution in [0.2, 0.25) is 0 Å². The Hall–Kier alpha value is -2.75. The number of carbonyl (C=O) groups is 1. The summed E-state index contributed by atoms with van der Waals surface area (Å²) in [4.78, 5) is 17.1. The van der Waals surface area contributed by atoms with Gasteiger partial charge in [-0.2, -0.15) is 4.72 Å². The lowest BCUT2D eigenvalue weighted by Gasteiger charge is -2.19. The summed E-state index contributed by atoms with van der Waals surface area (Å²) in [5, 5.41) is 1.70. The van der Waals surface area contributed by atoms with Crippen LogP contribution < -0.4 is 4.72 Å². The molecule has 0 aliphatic carbocycles. The van der Waals surface area contributed by atoms with Crippen LogP contribution in [-0.4, -0.2) is 32.5 Å². The number of hydrogen-bond acceptors (Lipinski definition) is 7. The smallest absolute Gasteiger partial charge is 0.324 e. The lowest BCUT2D eigenvalue weighted by molar-refractivity contribution is -0.143. The number of nitrogens with one attached hydrogen (secondary N) is 1. The van der Waals surface area contributed by atoms with Crippen LogP contribution in [0.1, 0.15) is 13.8 Å². The highest BCUT2D eigenvalue weighted by Crippen LogP contribution is 2.34. The molecule has 0 radical (unpaired) electrons. The number of sulfonamides is 1. The Kier molecular flexibility index (Phi) is 5.35. The molecule has 0 bridgehead atoms. The molecule has 9 heteroatoms. The van der Waals surface area contributed by atoms with Crippen molar-refractivity contribution in [3.05, 3.63) is 48.1 Å². The molecule has 1 atom stereocenters. The predicted octanol–water partition coefficient (Wildman–Crippen LogP) is 4.19. The Morgan fingerprint density at radius 1 is 1.13 bits per heavy atom. The van der Waals surface area contributed by atoms with Crippen molar-refractivity contribution in [3.8, 4) is 10.4 Å². The van der Waals surface area contributed by atoms with Gasteiger partial charge in [0.15, 0.2) is 0 Å². The summed E-state index contributed by atoms with van der Waals surface area (Å²) < 4.78 is 38.8. The fourth-order valence-corrected chi connectivity index (χ4v) is 5.22. The normalized spacial score (nSPS) is 13.2. The molecule has 0 aliphatic heterocycles. The zero-order chi connectivity index (χ0) is 21.5. The Balaban J connectivity index is 1.74. The van der Waals surface area contributed by atoms with Crippen molar-refractivity contribution < 1.29 is 22.4 Å². The van der Waals surface area contributed by atoms with Crippen molar-refractivity contribution in [2.24, 2.45) is 5.92 Å². The summed E-state index contributed by atoms with van der Waals surface area (Å²) >= 11 is 1.54. The van der Waals surface area contributed by atoms with E-state index in [-0.39, 0.29) is 10.8 Å². The second-order valence-corrected chi connectivity index (χ2v) is 9.80. The van der Waals surface area contributed by atoms with Crippen LogP contribution in [0.25, 0.3) is 32.4 Å². The van der Waals surface area contributed by atoms with Crippen LogP contribution in [0.15, 0.2) is 57.4 Å². The third-order valence-corrected chi connectivity index (χ3v) is 7.13. The average molecular weight is 445 g/mol. The van der Waals surface area contributed by atoms with E-state index < -0.39 is 22.0 Å². The van der Waals surface area contributed by atoms with Gasteiger partial charge in [0.1, 0.15) is 17.2 Å². The molecule has 30 heavy (non-hydrogen) atoms. The molecule has 0 unspecified atom stereocenters. The number of furan rings is 1. The standard InChI is InChI=1S/C21H20N2O5S2/c1-12(2)20(21(24)27-3)23-30(25,26)14-5-6-15-16-8-13(19-10-22-11-29-19)4-7-17(16)28-18(15)9-14/h4-12,20,23H,1-3H3/t20-/m0/s1. The summed E-state index contributed by atoms with van der Waals surface area (Å²) in [6, 6.07) is 9.53. The molecule has 7 nitrogen and oxygen atoms in total. The lowest BCUT2D eigenvalue weighted by atomic mass is 10.1. The highest BCUT2D eigenvalue weighted by molar-refractivity contribution is 7.89. The van der Waals surface area contributed by atoms with Gasteiger partial charge < -0.3 is 9.15 Å². The van der Waals surface area contributed by atoms with E-state index in [2.05, 4.69) is 9.71 Å². The number of benzene rings is 2. The zero-order valence-corrected chi connectivity index (χ0v) is 18.2. The van der Waals surface area contributed by atoms with E-state index in [1.54, 1.807) is 43.0 Å². The molecule has 156 valence electrons. The second-order valence-electron chi connectivity index (χ2n) is 7.20. The van der Waals surface area contributed by atoms with Gasteiger partial charge in [-0.25, -0.2) is 8.42 Å². The highest BCUT2D eigenvalue weighted by Gasteiger charge is 2.29. The lowest BCUT2D eigenvalue weighted by Crippen LogP contribution is -2.44. The molecule has 2 aromatic heterocycles. The first-order valence-corrected chi connectivity index (χ1v) is 11.6. The number of rotatable bonds is 6. The number of carbonyl (C=O) groups excluding carboxylic acids is 1. The number of esters is 1. The van der Waals surface area contributed by atoms with Gasteiger partial charge in [0.25, 0.3) is 0 Å². The number of methoxy groups -OCH3 is 1. The van der Waals surface area contributed by atoms with Crippen molar-refractivity contribution in [2.45, 2.75) is 24.8 Å². The van der Waals surface area contributed by atoms with Gasteiger partial charge in [0, 0.05) is 23.0 Å². The second kappa shape index (κ2) is 7.82. The van der Waals surface area contributed by atoms with E-state index >= 15 is 0 Å². The first kappa shape index (κ1) is 20.5. The van der Waals surface area contributed by atoms with Crippen molar-refractivity contribution in [3.63, 3.8) is 0 Å². The fourth-order valence-electron chi connectivity index (χ4n) is 3.25. The van der Waals surface area contributed by atoms with Gasteiger partial charge in [-0.15, -0.1) is 11.3 Å². The molecule has 0 fully saturated rings. The Labute approximate surface area is 177 Å². The Morgan fingerprint density at radius 2 is 1.93 bits per heavy atom. The van der Waals surface area contributed by atoms with Gasteiger partial charge in [0.2, 0.25) is 10.0 Å². The van der Waals surface area contributed by atoms with Crippen LogP contribution in [0.3, 0.4) is 0 Å². The molecule has 2 heterocycles. The van der Waals surface area contributed by atoms with E-state index in [0.29, 0.717) is 11.2 Å². The third kappa shape index (κ3) is 3.71. The SMILES string of the molecule is COC(=O)[C@@H](NS(=O)(=O)c1ccc2c(c1)oc1ccc(-c3cncs3)cc12)C(C)C. The number of nitrogens with zero attached hydrogens (tertiary/aromatic N) is 1. The molecule has 0 amide bonds. The number of hydrogen-bond donors (Lipinski definition) is 1. The topological polar surface area (TPSA) is 98.5 Å². The van der Waals surface area contributed by atoms with E-state index in [9.17, 15) is 13.2 Å². The van der Waals surface area contributed by atoms with Gasteiger partial charge in [-0.1, -0.05) is 13.8 Å². The largest absolute Gasteiger partial charge is 0.468 e. The maximum atomic E-state index is 12.9. The van der Waals surface area contributed by atoms with Crippen LogP contribution >= 0.6 is 11.3 Å². The molecule has 0 aliphatic rings. The van der Waals surface area contributed by atoms with Crippen molar-refractivity contribution in [2.75, 3.05) is 7.11 Å². The molecule has 2 aromatic carbocycles. The molecular weight excluding hydrogens is 424 g/mol. The van der Waals surface area contributed by atoms with Crippen molar-refractivity contribution in [1.29, 1.82) is 0 Å².